The van der Waals surface area contributed by atoms with Gasteiger partial charge in [-0.15, -0.1) is 0 Å². The molecule has 2 aromatic rings. The van der Waals surface area contributed by atoms with Gasteiger partial charge < -0.3 is 15.7 Å². The molecule has 21 heavy (non-hydrogen) atoms. The molecule has 0 fully saturated rings. The minimum atomic E-state index is -0.158. The summed E-state index contributed by atoms with van der Waals surface area (Å²) in [5, 5.41) is 9.21. The van der Waals surface area contributed by atoms with Gasteiger partial charge in [-0.25, -0.2) is 0 Å². The first-order chi connectivity index (χ1) is 10.1. The monoisotopic (exact) mass is 284 g/mol. The van der Waals surface area contributed by atoms with Crippen LogP contribution in [-0.4, -0.2) is 29.1 Å². The average Bonchev–Trinajstić information content (AvgIpc) is 2.49. The summed E-state index contributed by atoms with van der Waals surface area (Å²) in [6.07, 6.45) is 0. The van der Waals surface area contributed by atoms with Gasteiger partial charge in [0.05, 0.1) is 12.2 Å². The molecule has 2 aromatic carbocycles. The van der Waals surface area contributed by atoms with Crippen molar-refractivity contribution in [3.05, 3.63) is 65.2 Å². The minimum absolute atomic E-state index is 0.0791. The molecule has 4 heteroatoms. The van der Waals surface area contributed by atoms with Crippen molar-refractivity contribution in [1.82, 2.24) is 4.90 Å². The third kappa shape index (κ3) is 3.83. The van der Waals surface area contributed by atoms with E-state index in [9.17, 15) is 9.90 Å². The highest BCUT2D eigenvalue weighted by atomic mass is 16.3. The second kappa shape index (κ2) is 6.90. The van der Waals surface area contributed by atoms with E-state index in [1.807, 2.05) is 43.3 Å². The first-order valence-corrected chi connectivity index (χ1v) is 6.92. The highest BCUT2D eigenvalue weighted by Crippen LogP contribution is 2.17. The summed E-state index contributed by atoms with van der Waals surface area (Å²) in [6.45, 7) is 2.57. The van der Waals surface area contributed by atoms with Crippen LogP contribution in [0.2, 0.25) is 0 Å². The van der Waals surface area contributed by atoms with Gasteiger partial charge in [-0.1, -0.05) is 42.0 Å². The fourth-order valence-corrected chi connectivity index (χ4v) is 2.20. The van der Waals surface area contributed by atoms with Crippen LogP contribution in [0.25, 0.3) is 0 Å². The van der Waals surface area contributed by atoms with Gasteiger partial charge in [0, 0.05) is 18.8 Å². The van der Waals surface area contributed by atoms with Crippen LogP contribution in [0.5, 0.6) is 0 Å². The lowest BCUT2D eigenvalue weighted by molar-refractivity contribution is 0.0709. The Morgan fingerprint density at radius 1 is 1.19 bits per heavy atom. The van der Waals surface area contributed by atoms with Crippen molar-refractivity contribution in [2.24, 2.45) is 0 Å². The first-order valence-electron chi connectivity index (χ1n) is 6.92. The van der Waals surface area contributed by atoms with Gasteiger partial charge in [0.1, 0.15) is 0 Å². The van der Waals surface area contributed by atoms with E-state index in [4.69, 9.17) is 5.73 Å². The molecule has 0 saturated carbocycles. The van der Waals surface area contributed by atoms with E-state index >= 15 is 0 Å². The predicted molar refractivity (Wildman–Crippen MR) is 83.9 cm³/mol. The van der Waals surface area contributed by atoms with Crippen molar-refractivity contribution in [3.63, 3.8) is 0 Å². The lowest BCUT2D eigenvalue weighted by atomic mass is 10.1. The predicted octanol–water partition coefficient (Wildman–Crippen LogP) is 2.21. The molecule has 0 bridgehead atoms. The molecular formula is C17H20N2O2. The second-order valence-electron chi connectivity index (χ2n) is 5.03. The Hall–Kier alpha value is -2.33. The Balaban J connectivity index is 2.25. The molecule has 0 saturated heterocycles. The van der Waals surface area contributed by atoms with E-state index in [-0.39, 0.29) is 19.1 Å². The molecule has 0 aliphatic heterocycles. The van der Waals surface area contributed by atoms with E-state index in [0.29, 0.717) is 17.8 Å². The minimum Gasteiger partial charge on any atom is -0.398 e. The van der Waals surface area contributed by atoms with Crippen LogP contribution in [0, 0.1) is 6.92 Å². The number of nitrogen functional groups attached to an aromatic ring is 1. The molecule has 3 N–H and O–H groups in total. The van der Waals surface area contributed by atoms with Crippen LogP contribution in [0.3, 0.4) is 0 Å². The number of rotatable bonds is 5. The fourth-order valence-electron chi connectivity index (χ4n) is 2.20. The number of aliphatic hydroxyl groups is 1. The molecule has 0 radical (unpaired) electrons. The molecule has 4 nitrogen and oxygen atoms in total. The number of amides is 1. The Morgan fingerprint density at radius 3 is 2.57 bits per heavy atom. The van der Waals surface area contributed by atoms with Crippen molar-refractivity contribution in [2.75, 3.05) is 18.9 Å². The lowest BCUT2D eigenvalue weighted by Gasteiger charge is -2.23. The highest BCUT2D eigenvalue weighted by molar-refractivity contribution is 5.99. The highest BCUT2D eigenvalue weighted by Gasteiger charge is 2.18. The third-order valence-electron chi connectivity index (χ3n) is 3.31. The van der Waals surface area contributed by atoms with E-state index in [1.54, 1.807) is 17.0 Å². The lowest BCUT2D eigenvalue weighted by Crippen LogP contribution is -2.33. The summed E-state index contributed by atoms with van der Waals surface area (Å²) in [6, 6.07) is 15.1. The third-order valence-corrected chi connectivity index (χ3v) is 3.31. The van der Waals surface area contributed by atoms with Crippen molar-refractivity contribution in [2.45, 2.75) is 13.5 Å². The van der Waals surface area contributed by atoms with Crippen LogP contribution in [0.4, 0.5) is 5.69 Å². The van der Waals surface area contributed by atoms with Crippen LogP contribution < -0.4 is 5.73 Å². The molecule has 0 unspecified atom stereocenters. The van der Waals surface area contributed by atoms with E-state index in [2.05, 4.69) is 0 Å². The topological polar surface area (TPSA) is 66.6 Å². The van der Waals surface area contributed by atoms with Gasteiger partial charge in [-0.2, -0.15) is 0 Å². The van der Waals surface area contributed by atoms with Gasteiger partial charge in [0.15, 0.2) is 0 Å². The van der Waals surface area contributed by atoms with Gasteiger partial charge in [-0.3, -0.25) is 4.79 Å². The molecule has 0 aliphatic carbocycles. The maximum atomic E-state index is 12.6. The molecule has 0 atom stereocenters. The molecule has 1 amide bonds. The molecule has 0 aromatic heterocycles. The van der Waals surface area contributed by atoms with Crippen molar-refractivity contribution in [1.29, 1.82) is 0 Å². The van der Waals surface area contributed by atoms with Gasteiger partial charge in [0.2, 0.25) is 0 Å². The number of nitrogens with two attached hydrogens (primary N) is 1. The van der Waals surface area contributed by atoms with Gasteiger partial charge >= 0.3 is 0 Å². The van der Waals surface area contributed by atoms with Gasteiger partial charge in [0.25, 0.3) is 5.91 Å². The number of hydrogen-bond donors (Lipinski definition) is 2. The molecule has 0 heterocycles. The van der Waals surface area contributed by atoms with Crippen LogP contribution >= 0.6 is 0 Å². The van der Waals surface area contributed by atoms with Crippen LogP contribution in [-0.2, 0) is 6.54 Å². The maximum Gasteiger partial charge on any atom is 0.256 e. The number of anilines is 1. The Labute approximate surface area is 124 Å². The summed E-state index contributed by atoms with van der Waals surface area (Å²) < 4.78 is 0. The standard InChI is InChI=1S/C17H20N2O2/c1-13-7-8-16(18)15(11-13)17(21)19(9-10-20)12-14-5-3-2-4-6-14/h2-8,11,20H,9-10,12,18H2,1H3. The SMILES string of the molecule is Cc1ccc(N)c(C(=O)N(CCO)Cc2ccccc2)c1. The van der Waals surface area contributed by atoms with Gasteiger partial charge in [-0.05, 0) is 24.6 Å². The van der Waals surface area contributed by atoms with Crippen LogP contribution in [0.1, 0.15) is 21.5 Å². The fraction of sp³-hybridized carbons (Fsp3) is 0.235. The van der Waals surface area contributed by atoms with Crippen molar-refractivity contribution >= 4 is 11.6 Å². The zero-order valence-electron chi connectivity index (χ0n) is 12.1. The number of nitrogens with zero attached hydrogens (tertiary/aromatic N) is 1. The summed E-state index contributed by atoms with van der Waals surface area (Å²) in [5.74, 6) is -0.158. The number of aryl methyl sites for hydroxylation is 1. The Kier molecular flexibility index (Phi) is 4.95. The second-order valence-corrected chi connectivity index (χ2v) is 5.03. The van der Waals surface area contributed by atoms with Crippen LogP contribution in [0.15, 0.2) is 48.5 Å². The zero-order valence-corrected chi connectivity index (χ0v) is 12.1. The Bertz CT molecular complexity index is 611. The normalized spacial score (nSPS) is 10.4. The van der Waals surface area contributed by atoms with E-state index in [1.165, 1.54) is 0 Å². The molecule has 2 rings (SSSR count). The number of aliphatic hydroxyl groups excluding tert-OH is 1. The van der Waals surface area contributed by atoms with E-state index < -0.39 is 0 Å². The average molecular weight is 284 g/mol. The van der Waals surface area contributed by atoms with Crippen molar-refractivity contribution < 1.29 is 9.90 Å². The first kappa shape index (κ1) is 15.1. The summed E-state index contributed by atoms with van der Waals surface area (Å²) in [5.41, 5.74) is 8.85. The zero-order chi connectivity index (χ0) is 15.2. The molecule has 110 valence electrons. The number of hydrogen-bond acceptors (Lipinski definition) is 3. The molecule has 0 spiro atoms. The summed E-state index contributed by atoms with van der Waals surface area (Å²) >= 11 is 0. The smallest absolute Gasteiger partial charge is 0.256 e. The maximum absolute atomic E-state index is 12.6. The van der Waals surface area contributed by atoms with Crippen molar-refractivity contribution in [3.8, 4) is 0 Å². The number of carbonyl (C=O) groups excluding carboxylic acids is 1. The number of carbonyl (C=O) groups is 1. The summed E-state index contributed by atoms with van der Waals surface area (Å²) in [4.78, 5) is 14.3. The molecular weight excluding hydrogens is 264 g/mol. The summed E-state index contributed by atoms with van der Waals surface area (Å²) in [7, 11) is 0. The Morgan fingerprint density at radius 2 is 1.90 bits per heavy atom. The largest absolute Gasteiger partial charge is 0.398 e. The van der Waals surface area contributed by atoms with E-state index in [0.717, 1.165) is 11.1 Å². The molecule has 0 aliphatic rings. The number of benzene rings is 2. The quantitative estimate of drug-likeness (QED) is 0.827.